The Morgan fingerprint density at radius 3 is 2.52 bits per heavy atom. The summed E-state index contributed by atoms with van der Waals surface area (Å²) in [5.74, 6) is -0.202. The van der Waals surface area contributed by atoms with Gasteiger partial charge in [0.25, 0.3) is 0 Å². The van der Waals surface area contributed by atoms with Crippen LogP contribution < -0.4 is 5.32 Å². The summed E-state index contributed by atoms with van der Waals surface area (Å²) in [5.41, 5.74) is 0. The second-order valence-electron chi connectivity index (χ2n) is 5.30. The average Bonchev–Trinajstić information content (AvgIpc) is 2.84. The summed E-state index contributed by atoms with van der Waals surface area (Å²) in [6.45, 7) is 4.57. The number of sulfonamides is 1. The van der Waals surface area contributed by atoms with Crippen molar-refractivity contribution in [3.63, 3.8) is 0 Å². The van der Waals surface area contributed by atoms with Crippen molar-refractivity contribution in [3.8, 4) is 0 Å². The molecule has 1 aliphatic heterocycles. The predicted octanol–water partition coefficient (Wildman–Crippen LogP) is 0.665. The number of sulfone groups is 1. The molecular formula is C12H20N2O4S3. The Balaban J connectivity index is 2.19. The summed E-state index contributed by atoms with van der Waals surface area (Å²) >= 11 is 1.40. The molecule has 0 saturated carbocycles. The highest BCUT2D eigenvalue weighted by molar-refractivity contribution is 7.92. The summed E-state index contributed by atoms with van der Waals surface area (Å²) in [4.78, 5) is 1.05. The number of rotatable bonds is 5. The Bertz CT molecular complexity index is 678. The first-order valence-corrected chi connectivity index (χ1v) is 10.9. The van der Waals surface area contributed by atoms with E-state index in [1.165, 1.54) is 15.6 Å². The Morgan fingerprint density at radius 1 is 1.33 bits per heavy atom. The van der Waals surface area contributed by atoms with Crippen molar-refractivity contribution in [3.05, 3.63) is 16.3 Å². The van der Waals surface area contributed by atoms with Crippen LogP contribution in [0.3, 0.4) is 0 Å². The summed E-state index contributed by atoms with van der Waals surface area (Å²) < 4.78 is 49.4. The van der Waals surface area contributed by atoms with E-state index in [9.17, 15) is 16.8 Å². The van der Waals surface area contributed by atoms with Crippen LogP contribution in [0.5, 0.6) is 0 Å². The predicted molar refractivity (Wildman–Crippen MR) is 83.7 cm³/mol. The molecule has 2 rings (SSSR count). The standard InChI is InChI=1S/C12H20N2O4S3/c1-10(2)13-9-11-12(3-6-19-11)21(17,18)14-4-7-20(15,16)8-5-14/h3,6,10,13H,4-5,7-9H2,1-2H3. The molecule has 21 heavy (non-hydrogen) atoms. The van der Waals surface area contributed by atoms with Crippen LogP contribution in [-0.2, 0) is 26.4 Å². The van der Waals surface area contributed by atoms with Gasteiger partial charge in [-0.25, -0.2) is 16.8 Å². The minimum atomic E-state index is -3.61. The van der Waals surface area contributed by atoms with E-state index in [0.717, 1.165) is 4.88 Å². The molecule has 2 heterocycles. The number of hydrogen-bond acceptors (Lipinski definition) is 6. The minimum absolute atomic E-state index is 0.0392. The topological polar surface area (TPSA) is 83.6 Å². The molecule has 1 N–H and O–H groups in total. The average molecular weight is 353 g/mol. The van der Waals surface area contributed by atoms with Gasteiger partial charge in [0, 0.05) is 30.6 Å². The van der Waals surface area contributed by atoms with Crippen molar-refractivity contribution in [1.29, 1.82) is 0 Å². The Morgan fingerprint density at radius 2 is 1.95 bits per heavy atom. The first-order valence-electron chi connectivity index (χ1n) is 6.73. The van der Waals surface area contributed by atoms with Crippen molar-refractivity contribution in [2.24, 2.45) is 0 Å². The highest BCUT2D eigenvalue weighted by Gasteiger charge is 2.32. The van der Waals surface area contributed by atoms with Crippen LogP contribution in [0, 0.1) is 0 Å². The van der Waals surface area contributed by atoms with Crippen LogP contribution in [0.4, 0.5) is 0 Å². The molecule has 1 aromatic heterocycles. The van der Waals surface area contributed by atoms with Crippen molar-refractivity contribution < 1.29 is 16.8 Å². The van der Waals surface area contributed by atoms with Gasteiger partial charge < -0.3 is 5.32 Å². The van der Waals surface area contributed by atoms with E-state index in [1.54, 1.807) is 11.4 Å². The molecular weight excluding hydrogens is 332 g/mol. The van der Waals surface area contributed by atoms with Crippen LogP contribution in [0.25, 0.3) is 0 Å². The quantitative estimate of drug-likeness (QED) is 0.842. The second kappa shape index (κ2) is 6.33. The molecule has 0 radical (unpaired) electrons. The third kappa shape index (κ3) is 4.04. The van der Waals surface area contributed by atoms with E-state index in [0.29, 0.717) is 11.4 Å². The second-order valence-corrected chi connectivity index (χ2v) is 10.5. The summed E-state index contributed by atoms with van der Waals surface area (Å²) in [7, 11) is -6.70. The van der Waals surface area contributed by atoms with Crippen LogP contribution in [-0.4, -0.2) is 51.8 Å². The Hall–Kier alpha value is -0.480. The van der Waals surface area contributed by atoms with Crippen LogP contribution in [0.1, 0.15) is 18.7 Å². The molecule has 1 aliphatic rings. The molecule has 1 aromatic rings. The molecule has 0 bridgehead atoms. The molecule has 1 fully saturated rings. The molecule has 1 saturated heterocycles. The smallest absolute Gasteiger partial charge is 0.244 e. The van der Waals surface area contributed by atoms with E-state index in [4.69, 9.17) is 0 Å². The number of nitrogens with one attached hydrogen (secondary N) is 1. The molecule has 6 nitrogen and oxygen atoms in total. The first kappa shape index (κ1) is 16.9. The van der Waals surface area contributed by atoms with E-state index < -0.39 is 19.9 Å². The Kier molecular flexibility index (Phi) is 5.09. The molecule has 0 aliphatic carbocycles. The zero-order valence-electron chi connectivity index (χ0n) is 12.1. The maximum Gasteiger partial charge on any atom is 0.244 e. The van der Waals surface area contributed by atoms with E-state index in [2.05, 4.69) is 5.32 Å². The lowest BCUT2D eigenvalue weighted by molar-refractivity contribution is 0.430. The number of nitrogens with zero attached hydrogens (tertiary/aromatic N) is 1. The third-order valence-electron chi connectivity index (χ3n) is 3.30. The largest absolute Gasteiger partial charge is 0.310 e. The van der Waals surface area contributed by atoms with E-state index in [1.807, 2.05) is 13.8 Å². The molecule has 0 amide bonds. The lowest BCUT2D eigenvalue weighted by atomic mass is 10.4. The zero-order valence-corrected chi connectivity index (χ0v) is 14.5. The lowest BCUT2D eigenvalue weighted by Crippen LogP contribution is -2.43. The summed E-state index contributed by atoms with van der Waals surface area (Å²) in [5, 5.41) is 4.96. The molecule has 0 spiro atoms. The van der Waals surface area contributed by atoms with Crippen molar-refractivity contribution >= 4 is 31.2 Å². The fourth-order valence-electron chi connectivity index (χ4n) is 2.06. The number of hydrogen-bond donors (Lipinski definition) is 1. The van der Waals surface area contributed by atoms with Gasteiger partial charge in [0.05, 0.1) is 16.4 Å². The SMILES string of the molecule is CC(C)NCc1sccc1S(=O)(=O)N1CCS(=O)(=O)CC1. The van der Waals surface area contributed by atoms with Crippen LogP contribution >= 0.6 is 11.3 Å². The maximum absolute atomic E-state index is 12.6. The highest BCUT2D eigenvalue weighted by Crippen LogP contribution is 2.26. The third-order valence-corrected chi connectivity index (χ3v) is 7.94. The minimum Gasteiger partial charge on any atom is -0.310 e. The van der Waals surface area contributed by atoms with Gasteiger partial charge in [0.15, 0.2) is 9.84 Å². The molecule has 0 atom stereocenters. The van der Waals surface area contributed by atoms with Gasteiger partial charge in [0.1, 0.15) is 0 Å². The van der Waals surface area contributed by atoms with Crippen LogP contribution in [0.15, 0.2) is 16.3 Å². The van der Waals surface area contributed by atoms with E-state index in [-0.39, 0.29) is 30.6 Å². The number of thiophene rings is 1. The van der Waals surface area contributed by atoms with Crippen molar-refractivity contribution in [1.82, 2.24) is 9.62 Å². The van der Waals surface area contributed by atoms with Gasteiger partial charge in [-0.3, -0.25) is 0 Å². The molecule has 9 heteroatoms. The summed E-state index contributed by atoms with van der Waals surface area (Å²) in [6, 6.07) is 1.86. The lowest BCUT2D eigenvalue weighted by Gasteiger charge is -2.26. The normalized spacial score (nSPS) is 20.0. The molecule has 120 valence electrons. The first-order chi connectivity index (χ1) is 9.72. The molecule has 0 unspecified atom stereocenters. The Labute approximate surface area is 130 Å². The zero-order chi connectivity index (χ0) is 15.7. The van der Waals surface area contributed by atoms with E-state index >= 15 is 0 Å². The molecule has 0 aromatic carbocycles. The van der Waals surface area contributed by atoms with Crippen molar-refractivity contribution in [2.75, 3.05) is 24.6 Å². The van der Waals surface area contributed by atoms with Gasteiger partial charge in [-0.2, -0.15) is 4.31 Å². The van der Waals surface area contributed by atoms with Gasteiger partial charge in [-0.05, 0) is 11.4 Å². The van der Waals surface area contributed by atoms with Gasteiger partial charge in [-0.15, -0.1) is 11.3 Å². The van der Waals surface area contributed by atoms with Gasteiger partial charge >= 0.3 is 0 Å². The fourth-order valence-corrected chi connectivity index (χ4v) is 6.30. The highest BCUT2D eigenvalue weighted by atomic mass is 32.2. The monoisotopic (exact) mass is 352 g/mol. The van der Waals surface area contributed by atoms with Gasteiger partial charge in [0.2, 0.25) is 10.0 Å². The summed E-state index contributed by atoms with van der Waals surface area (Å²) in [6.07, 6.45) is 0. The van der Waals surface area contributed by atoms with Crippen LogP contribution in [0.2, 0.25) is 0 Å². The van der Waals surface area contributed by atoms with Gasteiger partial charge in [-0.1, -0.05) is 13.8 Å². The van der Waals surface area contributed by atoms with Crippen molar-refractivity contribution in [2.45, 2.75) is 31.3 Å². The fraction of sp³-hybridized carbons (Fsp3) is 0.667. The maximum atomic E-state index is 12.6.